The van der Waals surface area contributed by atoms with Crippen molar-refractivity contribution < 1.29 is 24.2 Å². The van der Waals surface area contributed by atoms with Crippen LogP contribution in [0.2, 0.25) is 0 Å². The van der Waals surface area contributed by atoms with E-state index in [4.69, 9.17) is 21.0 Å². The molecule has 1 unspecified atom stereocenters. The number of hydrogen-bond donors (Lipinski definition) is 5. The van der Waals surface area contributed by atoms with Crippen molar-refractivity contribution in [3.8, 4) is 5.75 Å². The number of hydrogen-bond acceptors (Lipinski definition) is 5. The number of benzene rings is 1. The molecule has 0 saturated heterocycles. The van der Waals surface area contributed by atoms with Crippen LogP contribution in [0.1, 0.15) is 45.6 Å². The minimum Gasteiger partial charge on any atom is -0.494 e. The highest BCUT2D eigenvalue weighted by Gasteiger charge is 2.25. The van der Waals surface area contributed by atoms with Gasteiger partial charge in [0.25, 0.3) is 0 Å². The Kier molecular flexibility index (Phi) is 9.64. The van der Waals surface area contributed by atoms with E-state index in [-0.39, 0.29) is 30.8 Å². The minimum atomic E-state index is -1.17. The fraction of sp³-hybridized carbons (Fsp3) is 0.500. The maximum atomic E-state index is 12.3. The zero-order valence-electron chi connectivity index (χ0n) is 17.0. The van der Waals surface area contributed by atoms with Crippen LogP contribution >= 0.6 is 0 Å². The quantitative estimate of drug-likeness (QED) is 0.200. The molecule has 6 N–H and O–H groups in total. The molecule has 0 aliphatic rings. The average Bonchev–Trinajstić information content (AvgIpc) is 2.64. The predicted molar refractivity (Wildman–Crippen MR) is 109 cm³/mol. The molecule has 1 aromatic rings. The van der Waals surface area contributed by atoms with Gasteiger partial charge in [-0.1, -0.05) is 13.8 Å². The van der Waals surface area contributed by atoms with Crippen molar-refractivity contribution in [3.63, 3.8) is 0 Å². The zero-order chi connectivity index (χ0) is 22.0. The topological polar surface area (TPSA) is 155 Å². The van der Waals surface area contributed by atoms with Gasteiger partial charge in [-0.05, 0) is 43.5 Å². The molecule has 0 aliphatic carbocycles. The maximum Gasteiger partial charge on any atom is 0.305 e. The van der Waals surface area contributed by atoms with Crippen LogP contribution < -0.4 is 21.1 Å². The van der Waals surface area contributed by atoms with Crippen molar-refractivity contribution in [3.05, 3.63) is 29.8 Å². The smallest absolute Gasteiger partial charge is 0.305 e. The molecule has 0 aliphatic heterocycles. The summed E-state index contributed by atoms with van der Waals surface area (Å²) in [6, 6.07) is 5.43. The highest BCUT2D eigenvalue weighted by molar-refractivity contribution is 5.95. The molecule has 0 spiro atoms. The summed E-state index contributed by atoms with van der Waals surface area (Å²) in [4.78, 5) is 35.4. The van der Waals surface area contributed by atoms with Gasteiger partial charge in [0.15, 0.2) is 0 Å². The van der Waals surface area contributed by atoms with E-state index in [1.54, 1.807) is 24.3 Å². The van der Waals surface area contributed by atoms with Crippen molar-refractivity contribution in [2.45, 2.75) is 52.1 Å². The van der Waals surface area contributed by atoms with Gasteiger partial charge in [-0.15, -0.1) is 0 Å². The average molecular weight is 406 g/mol. The lowest BCUT2D eigenvalue weighted by atomic mass is 10.1. The van der Waals surface area contributed by atoms with Crippen molar-refractivity contribution in [2.75, 3.05) is 6.61 Å². The molecule has 1 aromatic carbocycles. The molecule has 2 atom stereocenters. The van der Waals surface area contributed by atoms with Gasteiger partial charge in [0.05, 0.1) is 13.0 Å². The Morgan fingerprint density at radius 1 is 1.14 bits per heavy atom. The number of carbonyl (C=O) groups is 3. The fourth-order valence-corrected chi connectivity index (χ4v) is 2.30. The summed E-state index contributed by atoms with van der Waals surface area (Å²) in [7, 11) is 0. The third-order valence-electron chi connectivity index (χ3n) is 4.38. The summed E-state index contributed by atoms with van der Waals surface area (Å²) in [6.45, 7) is 5.96. The second-order valence-corrected chi connectivity index (χ2v) is 7.15. The second kappa shape index (κ2) is 11.7. The number of amides is 2. The zero-order valence-corrected chi connectivity index (χ0v) is 17.0. The van der Waals surface area contributed by atoms with Crippen LogP contribution in [0.5, 0.6) is 5.75 Å². The van der Waals surface area contributed by atoms with Gasteiger partial charge < -0.3 is 26.2 Å². The van der Waals surface area contributed by atoms with Crippen LogP contribution in [-0.2, 0) is 14.4 Å². The highest BCUT2D eigenvalue weighted by atomic mass is 16.5. The summed E-state index contributed by atoms with van der Waals surface area (Å²) < 4.78 is 5.52. The van der Waals surface area contributed by atoms with Crippen LogP contribution in [0, 0.1) is 11.3 Å². The molecular formula is C20H30N4O5. The van der Waals surface area contributed by atoms with Crippen LogP contribution in [0.4, 0.5) is 0 Å². The van der Waals surface area contributed by atoms with Crippen LogP contribution in [0.25, 0.3) is 0 Å². The molecule has 9 nitrogen and oxygen atoms in total. The lowest BCUT2D eigenvalue weighted by molar-refractivity contribution is -0.140. The Labute approximate surface area is 170 Å². The van der Waals surface area contributed by atoms with E-state index in [2.05, 4.69) is 10.6 Å². The normalized spacial score (nSPS) is 12.7. The van der Waals surface area contributed by atoms with Gasteiger partial charge in [-0.2, -0.15) is 0 Å². The van der Waals surface area contributed by atoms with Crippen molar-refractivity contribution in [1.29, 1.82) is 5.41 Å². The second-order valence-electron chi connectivity index (χ2n) is 7.15. The third-order valence-corrected chi connectivity index (χ3v) is 4.38. The first kappa shape index (κ1) is 23.9. The Balaban J connectivity index is 2.46. The predicted octanol–water partition coefficient (Wildman–Crippen LogP) is 1.25. The van der Waals surface area contributed by atoms with Crippen LogP contribution in [0.15, 0.2) is 24.3 Å². The number of carboxylic acid groups (broad SMARTS) is 1. The molecule has 160 valence electrons. The molecule has 1 rings (SSSR count). The van der Waals surface area contributed by atoms with E-state index in [1.807, 2.05) is 20.8 Å². The molecule has 29 heavy (non-hydrogen) atoms. The molecule has 9 heteroatoms. The molecule has 0 saturated carbocycles. The first-order valence-corrected chi connectivity index (χ1v) is 9.49. The first-order chi connectivity index (χ1) is 13.6. The Bertz CT molecular complexity index is 718. The number of carboxylic acids is 1. The Morgan fingerprint density at radius 3 is 2.28 bits per heavy atom. The molecule has 0 bridgehead atoms. The number of aliphatic carboxylic acids is 1. The van der Waals surface area contributed by atoms with Gasteiger partial charge in [0.1, 0.15) is 17.6 Å². The Morgan fingerprint density at radius 2 is 1.76 bits per heavy atom. The van der Waals surface area contributed by atoms with Crippen LogP contribution in [-0.4, -0.2) is 47.4 Å². The van der Waals surface area contributed by atoms with E-state index < -0.39 is 30.2 Å². The summed E-state index contributed by atoms with van der Waals surface area (Å²) in [5, 5.41) is 21.6. The van der Waals surface area contributed by atoms with E-state index in [9.17, 15) is 14.4 Å². The number of ether oxygens (including phenoxy) is 1. The highest BCUT2D eigenvalue weighted by Crippen LogP contribution is 2.12. The van der Waals surface area contributed by atoms with E-state index in [1.165, 1.54) is 0 Å². The summed E-state index contributed by atoms with van der Waals surface area (Å²) >= 11 is 0. The van der Waals surface area contributed by atoms with Gasteiger partial charge in [-0.3, -0.25) is 19.8 Å². The number of rotatable bonds is 12. The lowest BCUT2D eigenvalue weighted by Gasteiger charge is -2.22. The van der Waals surface area contributed by atoms with Crippen molar-refractivity contribution in [2.24, 2.45) is 11.7 Å². The molecule has 2 amide bonds. The number of nitrogens with two attached hydrogens (primary N) is 1. The van der Waals surface area contributed by atoms with E-state index in [0.717, 1.165) is 0 Å². The van der Waals surface area contributed by atoms with Crippen LogP contribution in [0.3, 0.4) is 0 Å². The lowest BCUT2D eigenvalue weighted by Crippen LogP contribution is -2.50. The Hall–Kier alpha value is -3.10. The molecule has 0 aromatic heterocycles. The molecule has 0 heterocycles. The van der Waals surface area contributed by atoms with Gasteiger partial charge in [-0.25, -0.2) is 0 Å². The number of carbonyl (C=O) groups excluding carboxylic acids is 2. The monoisotopic (exact) mass is 406 g/mol. The summed E-state index contributed by atoms with van der Waals surface area (Å²) in [5.41, 5.74) is 5.97. The summed E-state index contributed by atoms with van der Waals surface area (Å²) in [6.07, 6.45) is 0.000148. The summed E-state index contributed by atoms with van der Waals surface area (Å²) in [5.74, 6) is -1.36. The molecular weight excluding hydrogens is 376 g/mol. The van der Waals surface area contributed by atoms with E-state index >= 15 is 0 Å². The van der Waals surface area contributed by atoms with E-state index in [0.29, 0.717) is 17.7 Å². The molecule has 0 fully saturated rings. The third kappa shape index (κ3) is 9.09. The van der Waals surface area contributed by atoms with Gasteiger partial charge >= 0.3 is 5.97 Å². The largest absolute Gasteiger partial charge is 0.494 e. The number of amidine groups is 1. The van der Waals surface area contributed by atoms with Gasteiger partial charge in [0, 0.05) is 18.0 Å². The molecule has 0 radical (unpaired) electrons. The maximum absolute atomic E-state index is 12.3. The number of nitrogen functional groups attached to an aromatic ring is 1. The van der Waals surface area contributed by atoms with Crippen molar-refractivity contribution in [1.82, 2.24) is 10.6 Å². The fourth-order valence-electron chi connectivity index (χ4n) is 2.30. The standard InChI is InChI=1S/C20H30N4O5/c1-12(2)13(3)23-20(28)16(11-18(26)27)24-17(25)5-4-10-29-15-8-6-14(7-9-15)19(21)22/h6-9,12-13,16H,4-5,10-11H2,1-3H3,(H3,21,22)(H,23,28)(H,24,25)(H,26,27)/t13?,16-/m0/s1. The van der Waals surface area contributed by atoms with Gasteiger partial charge in [0.2, 0.25) is 11.8 Å². The SMILES string of the molecule is CC(C)C(C)NC(=O)[C@H](CC(=O)O)NC(=O)CCCOc1ccc(C(=N)N)cc1. The first-order valence-electron chi connectivity index (χ1n) is 9.49. The minimum absolute atomic E-state index is 0.0315. The van der Waals surface area contributed by atoms with Crippen molar-refractivity contribution >= 4 is 23.6 Å². The number of nitrogens with one attached hydrogen (secondary N) is 3.